The number of carboxylic acids is 1. The van der Waals surface area contributed by atoms with Gasteiger partial charge in [0.25, 0.3) is 0 Å². The second-order valence-corrected chi connectivity index (χ2v) is 7.99. The van der Waals surface area contributed by atoms with Gasteiger partial charge in [0, 0.05) is 25.6 Å². The first kappa shape index (κ1) is 17.2. The number of benzene rings is 1. The third-order valence-corrected chi connectivity index (χ3v) is 5.97. The Balaban J connectivity index is 1.58. The summed E-state index contributed by atoms with van der Waals surface area (Å²) in [6.45, 7) is 6.59. The minimum Gasteiger partial charge on any atom is -0.478 e. The van der Waals surface area contributed by atoms with Gasteiger partial charge in [0.1, 0.15) is 0 Å². The topological polar surface area (TPSA) is 79.5 Å². The average molecular weight is 355 g/mol. The fourth-order valence-electron chi connectivity index (χ4n) is 4.64. The molecule has 138 valence electrons. The van der Waals surface area contributed by atoms with Crippen LogP contribution in [0.1, 0.15) is 66.7 Å². The van der Waals surface area contributed by atoms with Gasteiger partial charge in [-0.3, -0.25) is 4.90 Å². The highest BCUT2D eigenvalue weighted by atomic mass is 16.5. The Morgan fingerprint density at radius 1 is 1.42 bits per heavy atom. The average Bonchev–Trinajstić information content (AvgIpc) is 3.28. The molecule has 0 spiro atoms. The first-order valence-electron chi connectivity index (χ1n) is 9.37. The Morgan fingerprint density at radius 3 is 2.96 bits per heavy atom. The molecule has 2 aliphatic rings. The van der Waals surface area contributed by atoms with Crippen LogP contribution in [0.4, 0.5) is 0 Å². The van der Waals surface area contributed by atoms with E-state index in [1.165, 1.54) is 6.42 Å². The van der Waals surface area contributed by atoms with Crippen LogP contribution in [0.15, 0.2) is 28.8 Å². The summed E-state index contributed by atoms with van der Waals surface area (Å²) in [5.41, 5.74) is 1.18. The van der Waals surface area contributed by atoms with Crippen molar-refractivity contribution in [1.82, 2.24) is 15.0 Å². The van der Waals surface area contributed by atoms with Gasteiger partial charge in [-0.25, -0.2) is 4.79 Å². The van der Waals surface area contributed by atoms with Gasteiger partial charge in [-0.2, -0.15) is 4.98 Å². The number of hydrogen-bond donors (Lipinski definition) is 1. The minimum atomic E-state index is -0.867. The van der Waals surface area contributed by atoms with Crippen LogP contribution in [-0.4, -0.2) is 39.2 Å². The molecule has 1 N–H and O–H groups in total. The first-order chi connectivity index (χ1) is 12.5. The third-order valence-electron chi connectivity index (χ3n) is 5.97. The zero-order valence-corrected chi connectivity index (χ0v) is 15.3. The number of aromatic carboxylic acids is 1. The second-order valence-electron chi connectivity index (χ2n) is 7.99. The molecule has 1 aromatic heterocycles. The van der Waals surface area contributed by atoms with E-state index in [0.717, 1.165) is 43.2 Å². The SMILES string of the molecule is CC(C)c1noc([C@]23CCC[C@H]2CN(Cc2ccccc2C(=O)O)C3)n1. The van der Waals surface area contributed by atoms with Crippen molar-refractivity contribution < 1.29 is 14.4 Å². The fourth-order valence-corrected chi connectivity index (χ4v) is 4.64. The number of rotatable bonds is 5. The molecule has 1 saturated heterocycles. The van der Waals surface area contributed by atoms with Crippen molar-refractivity contribution in [3.63, 3.8) is 0 Å². The quantitative estimate of drug-likeness (QED) is 0.885. The molecule has 4 rings (SSSR count). The highest BCUT2D eigenvalue weighted by Gasteiger charge is 2.54. The third kappa shape index (κ3) is 2.82. The Kier molecular flexibility index (Phi) is 4.31. The molecule has 1 aliphatic heterocycles. The summed E-state index contributed by atoms with van der Waals surface area (Å²) in [5.74, 6) is 1.43. The molecule has 2 atom stereocenters. The van der Waals surface area contributed by atoms with E-state index < -0.39 is 5.97 Å². The van der Waals surface area contributed by atoms with Crippen LogP contribution in [-0.2, 0) is 12.0 Å². The van der Waals surface area contributed by atoms with Gasteiger partial charge >= 0.3 is 5.97 Å². The van der Waals surface area contributed by atoms with Gasteiger partial charge in [-0.1, -0.05) is 43.6 Å². The lowest BCUT2D eigenvalue weighted by atomic mass is 9.80. The molecule has 2 aromatic rings. The van der Waals surface area contributed by atoms with Crippen molar-refractivity contribution >= 4 is 5.97 Å². The summed E-state index contributed by atoms with van der Waals surface area (Å²) in [6.07, 6.45) is 3.41. The van der Waals surface area contributed by atoms with E-state index in [9.17, 15) is 9.90 Å². The van der Waals surface area contributed by atoms with Crippen LogP contribution in [0, 0.1) is 5.92 Å². The summed E-state index contributed by atoms with van der Waals surface area (Å²) in [7, 11) is 0. The van der Waals surface area contributed by atoms with E-state index in [2.05, 4.69) is 23.9 Å². The van der Waals surface area contributed by atoms with E-state index in [4.69, 9.17) is 9.51 Å². The molecule has 0 bridgehead atoms. The van der Waals surface area contributed by atoms with E-state index >= 15 is 0 Å². The summed E-state index contributed by atoms with van der Waals surface area (Å²) in [6, 6.07) is 7.27. The van der Waals surface area contributed by atoms with Gasteiger partial charge < -0.3 is 9.63 Å². The molecule has 6 heteroatoms. The monoisotopic (exact) mass is 355 g/mol. The zero-order valence-electron chi connectivity index (χ0n) is 15.3. The summed E-state index contributed by atoms with van der Waals surface area (Å²) in [4.78, 5) is 18.6. The van der Waals surface area contributed by atoms with E-state index in [-0.39, 0.29) is 11.3 Å². The second kappa shape index (κ2) is 6.50. The minimum absolute atomic E-state index is 0.0711. The lowest BCUT2D eigenvalue weighted by molar-refractivity contribution is 0.0694. The largest absolute Gasteiger partial charge is 0.478 e. The normalized spacial score (nSPS) is 25.7. The maximum absolute atomic E-state index is 11.5. The number of hydrogen-bond acceptors (Lipinski definition) is 5. The highest BCUT2D eigenvalue weighted by Crippen LogP contribution is 2.50. The maximum atomic E-state index is 11.5. The molecule has 2 fully saturated rings. The molecule has 2 heterocycles. The number of nitrogens with zero attached hydrogens (tertiary/aromatic N) is 3. The summed E-state index contributed by atoms with van der Waals surface area (Å²) < 4.78 is 5.69. The molecule has 0 amide bonds. The lowest BCUT2D eigenvalue weighted by Crippen LogP contribution is -2.32. The Bertz CT molecular complexity index is 816. The summed E-state index contributed by atoms with van der Waals surface area (Å²) in [5, 5.41) is 13.6. The number of aromatic nitrogens is 2. The van der Waals surface area contributed by atoms with Gasteiger partial charge in [0.2, 0.25) is 5.89 Å². The molecule has 0 unspecified atom stereocenters. The lowest BCUT2D eigenvalue weighted by Gasteiger charge is -2.24. The zero-order chi connectivity index (χ0) is 18.3. The Hall–Kier alpha value is -2.21. The predicted octanol–water partition coefficient (Wildman–Crippen LogP) is 3.44. The van der Waals surface area contributed by atoms with Crippen LogP contribution < -0.4 is 0 Å². The van der Waals surface area contributed by atoms with Crippen molar-refractivity contribution in [3.05, 3.63) is 47.1 Å². The molecule has 6 nitrogen and oxygen atoms in total. The van der Waals surface area contributed by atoms with E-state index in [1.54, 1.807) is 12.1 Å². The maximum Gasteiger partial charge on any atom is 0.336 e. The van der Waals surface area contributed by atoms with Crippen molar-refractivity contribution in [2.24, 2.45) is 5.92 Å². The smallest absolute Gasteiger partial charge is 0.336 e. The Morgan fingerprint density at radius 2 is 2.23 bits per heavy atom. The number of fused-ring (bicyclic) bond motifs is 1. The van der Waals surface area contributed by atoms with Gasteiger partial charge in [0.05, 0.1) is 11.0 Å². The van der Waals surface area contributed by atoms with Crippen molar-refractivity contribution in [2.75, 3.05) is 13.1 Å². The van der Waals surface area contributed by atoms with Crippen molar-refractivity contribution in [1.29, 1.82) is 0 Å². The van der Waals surface area contributed by atoms with Crippen molar-refractivity contribution in [2.45, 2.75) is 51.0 Å². The van der Waals surface area contributed by atoms with Crippen LogP contribution >= 0.6 is 0 Å². The molecular weight excluding hydrogens is 330 g/mol. The fraction of sp³-hybridized carbons (Fsp3) is 0.550. The first-order valence-corrected chi connectivity index (χ1v) is 9.37. The van der Waals surface area contributed by atoms with Crippen molar-refractivity contribution in [3.8, 4) is 0 Å². The van der Waals surface area contributed by atoms with Crippen LogP contribution in [0.25, 0.3) is 0 Å². The van der Waals surface area contributed by atoms with E-state index in [0.29, 0.717) is 18.0 Å². The van der Waals surface area contributed by atoms with Crippen LogP contribution in [0.5, 0.6) is 0 Å². The van der Waals surface area contributed by atoms with Crippen LogP contribution in [0.2, 0.25) is 0 Å². The standard InChI is InChI=1S/C20H25N3O3/c1-13(2)17-21-19(26-22-17)20-9-5-7-15(20)11-23(12-20)10-14-6-3-4-8-16(14)18(24)25/h3-4,6,8,13,15H,5,7,9-12H2,1-2H3,(H,24,25)/t15-,20-/m0/s1. The van der Waals surface area contributed by atoms with Gasteiger partial charge in [-0.05, 0) is 30.4 Å². The molecule has 1 aliphatic carbocycles. The van der Waals surface area contributed by atoms with Gasteiger partial charge in [-0.15, -0.1) is 0 Å². The number of likely N-dealkylation sites (tertiary alicyclic amines) is 1. The molecular formula is C20H25N3O3. The molecule has 1 aromatic carbocycles. The summed E-state index contributed by atoms with van der Waals surface area (Å²) >= 11 is 0. The van der Waals surface area contributed by atoms with Gasteiger partial charge in [0.15, 0.2) is 5.82 Å². The molecule has 0 radical (unpaired) electrons. The Labute approximate surface area is 153 Å². The highest BCUT2D eigenvalue weighted by molar-refractivity contribution is 5.89. The van der Waals surface area contributed by atoms with E-state index in [1.807, 2.05) is 12.1 Å². The number of carboxylic acid groups (broad SMARTS) is 1. The molecule has 26 heavy (non-hydrogen) atoms. The number of carbonyl (C=O) groups is 1. The molecule has 1 saturated carbocycles. The predicted molar refractivity (Wildman–Crippen MR) is 96.1 cm³/mol. The van der Waals surface area contributed by atoms with Crippen LogP contribution in [0.3, 0.4) is 0 Å².